The Kier molecular flexibility index (Phi) is 5.87. The fraction of sp³-hybridized carbons (Fsp3) is 0.136. The summed E-state index contributed by atoms with van der Waals surface area (Å²) in [6.45, 7) is 1.98. The molecule has 2 aromatic heterocycles. The first-order valence-corrected chi connectivity index (χ1v) is 10.8. The molecule has 0 atom stereocenters. The number of halogens is 1. The maximum absolute atomic E-state index is 13.3. The summed E-state index contributed by atoms with van der Waals surface area (Å²) in [6, 6.07) is 18.3. The molecule has 4 aromatic rings. The van der Waals surface area contributed by atoms with Crippen LogP contribution in [-0.2, 0) is 5.75 Å². The van der Waals surface area contributed by atoms with Crippen LogP contribution in [0.25, 0.3) is 21.1 Å². The summed E-state index contributed by atoms with van der Waals surface area (Å²) < 4.78 is 18.6. The van der Waals surface area contributed by atoms with Gasteiger partial charge in [-0.3, -0.25) is 0 Å². The normalized spacial score (nSPS) is 10.9. The van der Waals surface area contributed by atoms with E-state index in [9.17, 15) is 4.39 Å². The summed E-state index contributed by atoms with van der Waals surface area (Å²) >= 11 is 3.12. The minimum atomic E-state index is -0.225. The number of rotatable bonds is 6. The molecule has 0 N–H and O–H groups in total. The van der Waals surface area contributed by atoms with Crippen molar-refractivity contribution in [2.45, 2.75) is 17.7 Å². The number of aromatic nitrogens is 3. The Hall–Kier alpha value is -2.77. The maximum Gasteiger partial charge on any atom is 0.124 e. The van der Waals surface area contributed by atoms with E-state index < -0.39 is 0 Å². The summed E-state index contributed by atoms with van der Waals surface area (Å²) in [4.78, 5) is 5.69. The van der Waals surface area contributed by atoms with Crippen LogP contribution in [-0.4, -0.2) is 22.3 Å². The summed E-state index contributed by atoms with van der Waals surface area (Å²) in [6.07, 6.45) is 0. The second-order valence-electron chi connectivity index (χ2n) is 6.34. The highest BCUT2D eigenvalue weighted by Gasteiger charge is 2.13. The number of thiazole rings is 1. The van der Waals surface area contributed by atoms with E-state index in [1.807, 2.05) is 49.4 Å². The SMILES string of the molecule is COc1cccc(-c2nc(C)c(-c3ccc(SCc4cccc(F)c4)nn3)s2)c1. The van der Waals surface area contributed by atoms with Gasteiger partial charge >= 0.3 is 0 Å². The zero-order valence-corrected chi connectivity index (χ0v) is 17.6. The maximum atomic E-state index is 13.3. The molecule has 0 fully saturated rings. The second kappa shape index (κ2) is 8.71. The highest BCUT2D eigenvalue weighted by molar-refractivity contribution is 7.98. The van der Waals surface area contributed by atoms with Gasteiger partial charge < -0.3 is 4.74 Å². The van der Waals surface area contributed by atoms with Crippen LogP contribution in [0, 0.1) is 12.7 Å². The standard InChI is InChI=1S/C22H18FN3OS2/c1-14-21(29-22(24-14)16-6-4-8-18(12-16)27-2)19-9-10-20(26-25-19)28-13-15-5-3-7-17(23)11-15/h3-12H,13H2,1-2H3. The second-order valence-corrected chi connectivity index (χ2v) is 8.34. The van der Waals surface area contributed by atoms with Gasteiger partial charge in [-0.1, -0.05) is 36.0 Å². The van der Waals surface area contributed by atoms with Crippen molar-refractivity contribution >= 4 is 23.1 Å². The molecule has 0 spiro atoms. The molecule has 0 unspecified atom stereocenters. The number of methoxy groups -OCH3 is 1. The quantitative estimate of drug-likeness (QED) is 0.355. The number of thioether (sulfide) groups is 1. The van der Waals surface area contributed by atoms with E-state index in [2.05, 4.69) is 10.2 Å². The third kappa shape index (κ3) is 4.63. The zero-order chi connectivity index (χ0) is 20.2. The third-order valence-electron chi connectivity index (χ3n) is 4.26. The summed E-state index contributed by atoms with van der Waals surface area (Å²) in [7, 11) is 1.65. The van der Waals surface area contributed by atoms with Gasteiger partial charge in [0.2, 0.25) is 0 Å². The fourth-order valence-electron chi connectivity index (χ4n) is 2.82. The van der Waals surface area contributed by atoms with E-state index in [4.69, 9.17) is 9.72 Å². The van der Waals surface area contributed by atoms with Crippen molar-refractivity contribution in [1.82, 2.24) is 15.2 Å². The van der Waals surface area contributed by atoms with Gasteiger partial charge in [-0.05, 0) is 48.9 Å². The number of aryl methyl sites for hydroxylation is 1. The molecule has 2 heterocycles. The van der Waals surface area contributed by atoms with Gasteiger partial charge in [-0.25, -0.2) is 9.37 Å². The molecule has 0 saturated carbocycles. The fourth-order valence-corrected chi connectivity index (χ4v) is 4.60. The van der Waals surface area contributed by atoms with E-state index in [-0.39, 0.29) is 5.82 Å². The van der Waals surface area contributed by atoms with Crippen molar-refractivity contribution in [3.05, 3.63) is 77.7 Å². The van der Waals surface area contributed by atoms with Crippen LogP contribution >= 0.6 is 23.1 Å². The zero-order valence-electron chi connectivity index (χ0n) is 15.9. The largest absolute Gasteiger partial charge is 0.497 e. The number of nitrogens with zero attached hydrogens (tertiary/aromatic N) is 3. The summed E-state index contributed by atoms with van der Waals surface area (Å²) in [5.41, 5.74) is 3.65. The van der Waals surface area contributed by atoms with Crippen LogP contribution in [0.15, 0.2) is 65.7 Å². The van der Waals surface area contributed by atoms with Crippen molar-refractivity contribution in [2.24, 2.45) is 0 Å². The first-order chi connectivity index (χ1) is 14.1. The van der Waals surface area contributed by atoms with Crippen LogP contribution in [0.3, 0.4) is 0 Å². The molecule has 146 valence electrons. The van der Waals surface area contributed by atoms with Crippen molar-refractivity contribution in [3.8, 4) is 26.9 Å². The lowest BCUT2D eigenvalue weighted by Crippen LogP contribution is -1.90. The smallest absolute Gasteiger partial charge is 0.124 e. The lowest BCUT2D eigenvalue weighted by Gasteiger charge is -2.02. The van der Waals surface area contributed by atoms with Gasteiger partial charge in [-0.15, -0.1) is 21.5 Å². The number of hydrogen-bond donors (Lipinski definition) is 0. The molecule has 0 bridgehead atoms. The molecule has 29 heavy (non-hydrogen) atoms. The Morgan fingerprint density at radius 2 is 1.90 bits per heavy atom. The van der Waals surface area contributed by atoms with Crippen LogP contribution in [0.5, 0.6) is 5.75 Å². The van der Waals surface area contributed by atoms with E-state index >= 15 is 0 Å². The van der Waals surface area contributed by atoms with E-state index in [1.54, 1.807) is 24.5 Å². The molecule has 0 amide bonds. The minimum absolute atomic E-state index is 0.225. The minimum Gasteiger partial charge on any atom is -0.497 e. The molecule has 2 aromatic carbocycles. The van der Waals surface area contributed by atoms with E-state index in [1.165, 1.54) is 23.9 Å². The summed E-state index contributed by atoms with van der Waals surface area (Å²) in [5.74, 6) is 1.22. The molecule has 0 aliphatic carbocycles. The monoisotopic (exact) mass is 423 g/mol. The van der Waals surface area contributed by atoms with Gasteiger partial charge in [-0.2, -0.15) is 0 Å². The van der Waals surface area contributed by atoms with Crippen molar-refractivity contribution < 1.29 is 9.13 Å². The van der Waals surface area contributed by atoms with Crippen molar-refractivity contribution in [3.63, 3.8) is 0 Å². The van der Waals surface area contributed by atoms with Gasteiger partial charge in [0.25, 0.3) is 0 Å². The van der Waals surface area contributed by atoms with Crippen molar-refractivity contribution in [1.29, 1.82) is 0 Å². The molecular formula is C22H18FN3OS2. The number of ether oxygens (including phenoxy) is 1. The highest BCUT2D eigenvalue weighted by atomic mass is 32.2. The first-order valence-electron chi connectivity index (χ1n) is 8.95. The molecule has 7 heteroatoms. The van der Waals surface area contributed by atoms with Crippen molar-refractivity contribution in [2.75, 3.05) is 7.11 Å². The van der Waals surface area contributed by atoms with Crippen LogP contribution in [0.2, 0.25) is 0 Å². The van der Waals surface area contributed by atoms with E-state index in [0.717, 1.165) is 43.2 Å². The van der Waals surface area contributed by atoms with Gasteiger partial charge in [0.05, 0.1) is 17.7 Å². The Morgan fingerprint density at radius 3 is 2.66 bits per heavy atom. The third-order valence-corrected chi connectivity index (χ3v) is 6.48. The molecular weight excluding hydrogens is 405 g/mol. The Morgan fingerprint density at radius 1 is 1.03 bits per heavy atom. The summed E-state index contributed by atoms with van der Waals surface area (Å²) in [5, 5.41) is 10.4. The highest BCUT2D eigenvalue weighted by Crippen LogP contribution is 2.35. The molecule has 0 saturated heterocycles. The average molecular weight is 424 g/mol. The average Bonchev–Trinajstić information content (AvgIpc) is 3.14. The van der Waals surface area contributed by atoms with Gasteiger partial charge in [0, 0.05) is 11.3 Å². The first kappa shape index (κ1) is 19.5. The van der Waals surface area contributed by atoms with Crippen LogP contribution in [0.4, 0.5) is 4.39 Å². The molecule has 4 nitrogen and oxygen atoms in total. The van der Waals surface area contributed by atoms with Crippen LogP contribution in [0.1, 0.15) is 11.3 Å². The lowest BCUT2D eigenvalue weighted by molar-refractivity contribution is 0.415. The number of benzene rings is 2. The topological polar surface area (TPSA) is 47.9 Å². The number of hydrogen-bond acceptors (Lipinski definition) is 6. The Balaban J connectivity index is 1.51. The predicted molar refractivity (Wildman–Crippen MR) is 116 cm³/mol. The predicted octanol–water partition coefficient (Wildman–Crippen LogP) is 6.02. The molecule has 0 radical (unpaired) electrons. The lowest BCUT2D eigenvalue weighted by atomic mass is 10.2. The molecule has 4 rings (SSSR count). The molecule has 0 aliphatic heterocycles. The Labute approximate surface area is 176 Å². The van der Waals surface area contributed by atoms with E-state index in [0.29, 0.717) is 5.75 Å². The Bertz CT molecular complexity index is 1130. The molecule has 0 aliphatic rings. The van der Waals surface area contributed by atoms with Crippen LogP contribution < -0.4 is 4.74 Å². The van der Waals surface area contributed by atoms with Gasteiger partial charge in [0.1, 0.15) is 27.3 Å². The van der Waals surface area contributed by atoms with Gasteiger partial charge in [0.15, 0.2) is 0 Å².